The molecule has 1 aromatic rings. The number of hydrogen-bond acceptors (Lipinski definition) is 2. The first-order chi connectivity index (χ1) is 9.00. The molecule has 0 spiro atoms. The van der Waals surface area contributed by atoms with Gasteiger partial charge >= 0.3 is 0 Å². The van der Waals surface area contributed by atoms with Crippen LogP contribution in [-0.2, 0) is 0 Å². The molecule has 0 saturated carbocycles. The van der Waals surface area contributed by atoms with E-state index in [0.717, 1.165) is 12.2 Å². The Morgan fingerprint density at radius 1 is 1.10 bits per heavy atom. The molecule has 20 heavy (non-hydrogen) atoms. The van der Waals surface area contributed by atoms with Gasteiger partial charge in [-0.3, -0.25) is 0 Å². The topological polar surface area (TPSA) is 24.9 Å². The molecule has 0 saturated heterocycles. The van der Waals surface area contributed by atoms with Crippen molar-refractivity contribution in [3.63, 3.8) is 0 Å². The van der Waals surface area contributed by atoms with Gasteiger partial charge in [-0.15, -0.1) is 23.2 Å². The van der Waals surface area contributed by atoms with Crippen molar-refractivity contribution in [1.82, 2.24) is 4.98 Å². The fourth-order valence-corrected chi connectivity index (χ4v) is 2.54. The van der Waals surface area contributed by atoms with Gasteiger partial charge in [0.25, 0.3) is 0 Å². The lowest BCUT2D eigenvalue weighted by Crippen LogP contribution is -2.36. The molecule has 0 bridgehead atoms. The Kier molecular flexibility index (Phi) is 7.90. The third-order valence-corrected chi connectivity index (χ3v) is 2.64. The van der Waals surface area contributed by atoms with E-state index in [2.05, 4.69) is 64.8 Å². The third kappa shape index (κ3) is 8.65. The summed E-state index contributed by atoms with van der Waals surface area (Å²) in [7, 11) is 0. The number of pyridine rings is 1. The van der Waals surface area contributed by atoms with Gasteiger partial charge < -0.3 is 5.32 Å². The molecule has 116 valence electrons. The number of anilines is 1. The second-order valence-corrected chi connectivity index (χ2v) is 7.83. The normalized spacial score (nSPS) is 11.7. The molecule has 0 aliphatic heterocycles. The average Bonchev–Trinajstić information content (AvgIpc) is 2.19. The van der Waals surface area contributed by atoms with Crippen LogP contribution in [-0.4, -0.2) is 15.9 Å². The molecule has 1 N–H and O–H groups in total. The standard InChI is InChI=1S/C15H26N2.CH2Cl2/c1-11-8-12(2)13(16-9-11)17-15(6,7)10-14(3,4)5;2-1-3/h8-9H,10H2,1-7H3,(H,16,17);1H2. The first kappa shape index (κ1) is 19.5. The lowest BCUT2D eigenvalue weighted by Gasteiger charge is -2.34. The smallest absolute Gasteiger partial charge is 0.129 e. The Morgan fingerprint density at radius 3 is 2.00 bits per heavy atom. The summed E-state index contributed by atoms with van der Waals surface area (Å²) in [6.07, 6.45) is 3.03. The van der Waals surface area contributed by atoms with Gasteiger partial charge in [0.05, 0.1) is 5.34 Å². The number of alkyl halides is 2. The van der Waals surface area contributed by atoms with Gasteiger partial charge in [-0.25, -0.2) is 4.98 Å². The van der Waals surface area contributed by atoms with Crippen molar-refractivity contribution in [2.24, 2.45) is 5.41 Å². The highest BCUT2D eigenvalue weighted by atomic mass is 35.5. The lowest BCUT2D eigenvalue weighted by atomic mass is 9.82. The largest absolute Gasteiger partial charge is 0.365 e. The van der Waals surface area contributed by atoms with Gasteiger partial charge in [0, 0.05) is 11.7 Å². The molecule has 2 nitrogen and oxygen atoms in total. The highest BCUT2D eigenvalue weighted by molar-refractivity contribution is 6.40. The van der Waals surface area contributed by atoms with Crippen LogP contribution in [0.15, 0.2) is 12.3 Å². The van der Waals surface area contributed by atoms with Crippen molar-refractivity contribution >= 4 is 29.0 Å². The first-order valence-electron chi connectivity index (χ1n) is 6.84. The Balaban J connectivity index is 0.00000110. The minimum atomic E-state index is 0.0608. The van der Waals surface area contributed by atoms with E-state index in [-0.39, 0.29) is 10.9 Å². The van der Waals surface area contributed by atoms with Gasteiger partial charge in [0.15, 0.2) is 0 Å². The second-order valence-electron chi connectivity index (χ2n) is 7.03. The number of rotatable bonds is 3. The van der Waals surface area contributed by atoms with Crippen LogP contribution < -0.4 is 5.32 Å². The number of aromatic nitrogens is 1. The van der Waals surface area contributed by atoms with Crippen LogP contribution in [0.3, 0.4) is 0 Å². The second kappa shape index (κ2) is 8.09. The van der Waals surface area contributed by atoms with Crippen molar-refractivity contribution < 1.29 is 0 Å². The van der Waals surface area contributed by atoms with Gasteiger partial charge in [-0.05, 0) is 50.7 Å². The van der Waals surface area contributed by atoms with Crippen LogP contribution in [0.25, 0.3) is 0 Å². The summed E-state index contributed by atoms with van der Waals surface area (Å²) in [4.78, 5) is 4.48. The van der Waals surface area contributed by atoms with Gasteiger partial charge in [-0.2, -0.15) is 0 Å². The van der Waals surface area contributed by atoms with E-state index < -0.39 is 0 Å². The number of nitrogens with zero attached hydrogens (tertiary/aromatic N) is 1. The predicted octanol–water partition coefficient (Wildman–Crippen LogP) is 5.75. The van der Waals surface area contributed by atoms with E-state index >= 15 is 0 Å². The van der Waals surface area contributed by atoms with Crippen molar-refractivity contribution in [2.45, 2.75) is 60.4 Å². The van der Waals surface area contributed by atoms with Crippen LogP contribution in [0.4, 0.5) is 5.82 Å². The zero-order chi connectivity index (χ0) is 16.0. The molecule has 0 aliphatic carbocycles. The molecule has 1 aromatic heterocycles. The summed E-state index contributed by atoms with van der Waals surface area (Å²) < 4.78 is 0. The molecule has 1 heterocycles. The number of hydrogen-bond donors (Lipinski definition) is 1. The zero-order valence-corrected chi connectivity index (χ0v) is 15.3. The quantitative estimate of drug-likeness (QED) is 0.718. The molecule has 0 amide bonds. The maximum absolute atomic E-state index is 4.76. The SMILES string of the molecule is Cc1cnc(NC(C)(C)CC(C)(C)C)c(C)c1.ClCCl. The molecular formula is C16H28Cl2N2. The van der Waals surface area contributed by atoms with E-state index in [1.807, 2.05) is 6.20 Å². The number of aryl methyl sites for hydroxylation is 2. The molecule has 4 heteroatoms. The van der Waals surface area contributed by atoms with Gasteiger partial charge in [0.2, 0.25) is 0 Å². The first-order valence-corrected chi connectivity index (χ1v) is 7.91. The fourth-order valence-electron chi connectivity index (χ4n) is 2.54. The van der Waals surface area contributed by atoms with E-state index in [1.165, 1.54) is 11.1 Å². The molecule has 0 fully saturated rings. The molecule has 0 aliphatic rings. The summed E-state index contributed by atoms with van der Waals surface area (Å²) >= 11 is 9.53. The maximum Gasteiger partial charge on any atom is 0.129 e. The molecule has 0 aromatic carbocycles. The number of halogens is 2. The molecule has 0 atom stereocenters. The Morgan fingerprint density at radius 2 is 1.60 bits per heavy atom. The van der Waals surface area contributed by atoms with E-state index in [4.69, 9.17) is 23.2 Å². The fraction of sp³-hybridized carbons (Fsp3) is 0.688. The van der Waals surface area contributed by atoms with Crippen molar-refractivity contribution in [3.8, 4) is 0 Å². The van der Waals surface area contributed by atoms with Crippen molar-refractivity contribution in [1.29, 1.82) is 0 Å². The summed E-state index contributed by atoms with van der Waals surface area (Å²) in [6.45, 7) is 15.5. The summed E-state index contributed by atoms with van der Waals surface area (Å²) in [5, 5.41) is 3.75. The molecular weight excluding hydrogens is 291 g/mol. The minimum Gasteiger partial charge on any atom is -0.365 e. The highest BCUT2D eigenvalue weighted by Gasteiger charge is 2.25. The van der Waals surface area contributed by atoms with E-state index in [9.17, 15) is 0 Å². The Hall–Kier alpha value is -0.470. The molecule has 0 unspecified atom stereocenters. The van der Waals surface area contributed by atoms with Crippen LogP contribution in [0.2, 0.25) is 0 Å². The Labute approximate surface area is 134 Å². The van der Waals surface area contributed by atoms with Crippen LogP contribution in [0.1, 0.15) is 52.2 Å². The molecule has 0 radical (unpaired) electrons. The number of nitrogens with one attached hydrogen (secondary N) is 1. The predicted molar refractivity (Wildman–Crippen MR) is 92.1 cm³/mol. The van der Waals surface area contributed by atoms with Crippen molar-refractivity contribution in [3.05, 3.63) is 23.4 Å². The Bertz CT molecular complexity index is 409. The summed E-state index contributed by atoms with van der Waals surface area (Å²) in [5.74, 6) is 1.00. The van der Waals surface area contributed by atoms with Crippen molar-refractivity contribution in [2.75, 3.05) is 10.7 Å². The zero-order valence-electron chi connectivity index (χ0n) is 13.8. The summed E-state index contributed by atoms with van der Waals surface area (Å²) in [5.41, 5.74) is 2.80. The van der Waals surface area contributed by atoms with Crippen LogP contribution >= 0.6 is 23.2 Å². The molecule has 1 rings (SSSR count). The minimum absolute atomic E-state index is 0.0608. The van der Waals surface area contributed by atoms with Crippen LogP contribution in [0, 0.1) is 19.3 Å². The lowest BCUT2D eigenvalue weighted by molar-refractivity contribution is 0.302. The van der Waals surface area contributed by atoms with Crippen LogP contribution in [0.5, 0.6) is 0 Å². The third-order valence-electron chi connectivity index (χ3n) is 2.64. The van der Waals surface area contributed by atoms with Gasteiger partial charge in [0.1, 0.15) is 5.82 Å². The summed E-state index contributed by atoms with van der Waals surface area (Å²) in [6, 6.07) is 2.17. The van der Waals surface area contributed by atoms with E-state index in [0.29, 0.717) is 5.41 Å². The van der Waals surface area contributed by atoms with Gasteiger partial charge in [-0.1, -0.05) is 26.8 Å². The average molecular weight is 319 g/mol. The monoisotopic (exact) mass is 318 g/mol. The highest BCUT2D eigenvalue weighted by Crippen LogP contribution is 2.29. The maximum atomic E-state index is 4.76. The van der Waals surface area contributed by atoms with E-state index in [1.54, 1.807) is 0 Å².